The normalized spacial score (nSPS) is 18.2. The number of hydrogen-bond acceptors (Lipinski definition) is 4. The molecule has 0 radical (unpaired) electrons. The maximum absolute atomic E-state index is 9.66. The van der Waals surface area contributed by atoms with Gasteiger partial charge in [0.2, 0.25) is 0 Å². The van der Waals surface area contributed by atoms with Crippen LogP contribution in [0, 0.1) is 5.92 Å². The van der Waals surface area contributed by atoms with Crippen LogP contribution in [0.2, 0.25) is 0 Å². The fourth-order valence-electron chi connectivity index (χ4n) is 2.70. The molecule has 1 atom stereocenters. The first-order chi connectivity index (χ1) is 9.61. The number of aromatic hydroxyl groups is 1. The lowest BCUT2D eigenvalue weighted by molar-refractivity contribution is 0.0513. The molecule has 0 bridgehead atoms. The molecule has 1 fully saturated rings. The van der Waals surface area contributed by atoms with E-state index in [9.17, 15) is 5.11 Å². The minimum atomic E-state index is 0.190. The maximum atomic E-state index is 9.66. The first-order valence-electron chi connectivity index (χ1n) is 7.26. The van der Waals surface area contributed by atoms with E-state index in [2.05, 4.69) is 18.9 Å². The predicted octanol–water partition coefficient (Wildman–Crippen LogP) is 2.82. The van der Waals surface area contributed by atoms with E-state index in [4.69, 9.17) is 9.47 Å². The molecule has 112 valence electrons. The summed E-state index contributed by atoms with van der Waals surface area (Å²) in [6, 6.07) is 5.88. The van der Waals surface area contributed by atoms with E-state index >= 15 is 0 Å². The number of hydrogen-bond donors (Lipinski definition) is 1. The average Bonchev–Trinajstić information content (AvgIpc) is 2.48. The number of methoxy groups -OCH3 is 1. The Labute approximate surface area is 121 Å². The first-order valence-corrected chi connectivity index (χ1v) is 7.26. The van der Waals surface area contributed by atoms with Crippen LogP contribution in [0.25, 0.3) is 0 Å². The Hall–Kier alpha value is -1.26. The van der Waals surface area contributed by atoms with E-state index in [-0.39, 0.29) is 5.75 Å². The van der Waals surface area contributed by atoms with E-state index in [1.165, 1.54) is 0 Å². The van der Waals surface area contributed by atoms with Crippen molar-refractivity contribution in [1.82, 2.24) is 4.90 Å². The zero-order valence-corrected chi connectivity index (χ0v) is 12.6. The van der Waals surface area contributed by atoms with Gasteiger partial charge in [-0.25, -0.2) is 0 Å². The van der Waals surface area contributed by atoms with E-state index in [1.807, 2.05) is 12.1 Å². The van der Waals surface area contributed by atoms with Crippen molar-refractivity contribution < 1.29 is 14.6 Å². The van der Waals surface area contributed by atoms with E-state index in [0.29, 0.717) is 11.8 Å². The summed E-state index contributed by atoms with van der Waals surface area (Å²) in [6.45, 7) is 5.04. The molecule has 0 spiro atoms. The number of phenols is 1. The quantitative estimate of drug-likeness (QED) is 0.900. The van der Waals surface area contributed by atoms with Gasteiger partial charge in [0.25, 0.3) is 0 Å². The predicted molar refractivity (Wildman–Crippen MR) is 79.2 cm³/mol. The molecule has 4 heteroatoms. The van der Waals surface area contributed by atoms with Gasteiger partial charge in [-0.15, -0.1) is 0 Å². The van der Waals surface area contributed by atoms with E-state index in [1.54, 1.807) is 13.2 Å². The summed E-state index contributed by atoms with van der Waals surface area (Å²) in [5.41, 5.74) is 1.16. The smallest absolute Gasteiger partial charge is 0.160 e. The van der Waals surface area contributed by atoms with Crippen molar-refractivity contribution in [1.29, 1.82) is 0 Å². The summed E-state index contributed by atoms with van der Waals surface area (Å²) in [5, 5.41) is 9.66. The van der Waals surface area contributed by atoms with Gasteiger partial charge in [-0.3, -0.25) is 4.90 Å². The third-order valence-electron chi connectivity index (χ3n) is 4.23. The lowest BCUT2D eigenvalue weighted by atomic mass is 9.98. The second-order valence-corrected chi connectivity index (χ2v) is 5.60. The fourth-order valence-corrected chi connectivity index (χ4v) is 2.70. The van der Waals surface area contributed by atoms with Crippen LogP contribution in [0.5, 0.6) is 11.5 Å². The molecule has 1 aromatic carbocycles. The highest BCUT2D eigenvalue weighted by atomic mass is 16.5. The molecule has 1 aliphatic rings. The molecule has 2 rings (SSSR count). The number of rotatable bonds is 5. The van der Waals surface area contributed by atoms with Crippen molar-refractivity contribution in [2.24, 2.45) is 5.92 Å². The molecule has 1 aromatic rings. The average molecular weight is 279 g/mol. The molecule has 0 aromatic heterocycles. The second-order valence-electron chi connectivity index (χ2n) is 5.60. The van der Waals surface area contributed by atoms with Crippen molar-refractivity contribution in [3.05, 3.63) is 23.8 Å². The highest BCUT2D eigenvalue weighted by molar-refractivity contribution is 5.42. The van der Waals surface area contributed by atoms with Crippen LogP contribution in [0.4, 0.5) is 0 Å². The summed E-state index contributed by atoms with van der Waals surface area (Å²) >= 11 is 0. The molecule has 0 amide bonds. The van der Waals surface area contributed by atoms with Crippen LogP contribution in [0.15, 0.2) is 18.2 Å². The van der Waals surface area contributed by atoms with Crippen molar-refractivity contribution in [2.75, 3.05) is 33.9 Å². The summed E-state index contributed by atoms with van der Waals surface area (Å²) < 4.78 is 10.6. The SMILES string of the molecule is COc1cc(C(C)N(C)CC2CCOCC2)ccc1O. The third kappa shape index (κ3) is 3.64. The maximum Gasteiger partial charge on any atom is 0.160 e. The lowest BCUT2D eigenvalue weighted by Crippen LogP contribution is -2.31. The van der Waals surface area contributed by atoms with Crippen LogP contribution >= 0.6 is 0 Å². The zero-order chi connectivity index (χ0) is 14.5. The van der Waals surface area contributed by atoms with Gasteiger partial charge in [-0.2, -0.15) is 0 Å². The Kier molecular flexibility index (Phi) is 5.26. The standard InChI is InChI=1S/C16H25NO3/c1-12(14-4-5-15(18)16(10-14)19-3)17(2)11-13-6-8-20-9-7-13/h4-5,10,12-13,18H,6-9,11H2,1-3H3. The second kappa shape index (κ2) is 6.95. The lowest BCUT2D eigenvalue weighted by Gasteiger charge is -2.31. The Bertz CT molecular complexity index is 430. The molecule has 0 saturated carbocycles. The Morgan fingerprint density at radius 3 is 2.75 bits per heavy atom. The highest BCUT2D eigenvalue weighted by Crippen LogP contribution is 2.31. The van der Waals surface area contributed by atoms with Gasteiger partial charge in [0.05, 0.1) is 7.11 Å². The summed E-state index contributed by atoms with van der Waals surface area (Å²) in [4.78, 5) is 2.36. The molecule has 4 nitrogen and oxygen atoms in total. The number of ether oxygens (including phenoxy) is 2. The molecular formula is C16H25NO3. The van der Waals surface area contributed by atoms with Gasteiger partial charge in [0.1, 0.15) is 0 Å². The molecule has 1 N–H and O–H groups in total. The van der Waals surface area contributed by atoms with Crippen LogP contribution in [-0.2, 0) is 4.74 Å². The molecule has 1 unspecified atom stereocenters. The van der Waals surface area contributed by atoms with Crippen LogP contribution in [-0.4, -0.2) is 43.9 Å². The molecule has 1 aliphatic heterocycles. The van der Waals surface area contributed by atoms with Crippen LogP contribution < -0.4 is 4.74 Å². The minimum Gasteiger partial charge on any atom is -0.504 e. The Balaban J connectivity index is 2.00. The van der Waals surface area contributed by atoms with Crippen molar-refractivity contribution in [3.8, 4) is 11.5 Å². The van der Waals surface area contributed by atoms with Gasteiger partial charge >= 0.3 is 0 Å². The van der Waals surface area contributed by atoms with Crippen molar-refractivity contribution in [2.45, 2.75) is 25.8 Å². The van der Waals surface area contributed by atoms with Gasteiger partial charge in [-0.1, -0.05) is 6.07 Å². The summed E-state index contributed by atoms with van der Waals surface area (Å²) in [6.07, 6.45) is 2.30. The van der Waals surface area contributed by atoms with Gasteiger partial charge < -0.3 is 14.6 Å². The van der Waals surface area contributed by atoms with Gasteiger partial charge in [0.15, 0.2) is 11.5 Å². The molecule has 1 saturated heterocycles. The largest absolute Gasteiger partial charge is 0.504 e. The van der Waals surface area contributed by atoms with Crippen molar-refractivity contribution >= 4 is 0 Å². The molecule has 0 aliphatic carbocycles. The summed E-state index contributed by atoms with van der Waals surface area (Å²) in [7, 11) is 3.73. The number of nitrogens with zero attached hydrogens (tertiary/aromatic N) is 1. The monoisotopic (exact) mass is 279 g/mol. The molecule has 1 heterocycles. The Morgan fingerprint density at radius 2 is 2.10 bits per heavy atom. The highest BCUT2D eigenvalue weighted by Gasteiger charge is 2.20. The molecule has 20 heavy (non-hydrogen) atoms. The van der Waals surface area contributed by atoms with Crippen LogP contribution in [0.1, 0.15) is 31.4 Å². The minimum absolute atomic E-state index is 0.190. The molecular weight excluding hydrogens is 254 g/mol. The van der Waals surface area contributed by atoms with Gasteiger partial charge in [-0.05, 0) is 50.4 Å². The summed E-state index contributed by atoms with van der Waals surface area (Å²) in [5.74, 6) is 1.44. The fraction of sp³-hybridized carbons (Fsp3) is 0.625. The topological polar surface area (TPSA) is 41.9 Å². The number of benzene rings is 1. The van der Waals surface area contributed by atoms with E-state index < -0.39 is 0 Å². The zero-order valence-electron chi connectivity index (χ0n) is 12.6. The first kappa shape index (κ1) is 15.1. The van der Waals surface area contributed by atoms with Crippen molar-refractivity contribution in [3.63, 3.8) is 0 Å². The third-order valence-corrected chi connectivity index (χ3v) is 4.23. The Morgan fingerprint density at radius 1 is 1.40 bits per heavy atom. The van der Waals surface area contributed by atoms with E-state index in [0.717, 1.165) is 44.1 Å². The van der Waals surface area contributed by atoms with Gasteiger partial charge in [0, 0.05) is 25.8 Å². The number of phenolic OH excluding ortho intramolecular Hbond substituents is 1. The van der Waals surface area contributed by atoms with Crippen LogP contribution in [0.3, 0.4) is 0 Å².